The van der Waals surface area contributed by atoms with Crippen molar-refractivity contribution in [2.75, 3.05) is 13.7 Å². The zero-order chi connectivity index (χ0) is 18.8. The first-order valence-corrected chi connectivity index (χ1v) is 9.21. The van der Waals surface area contributed by atoms with Gasteiger partial charge in [0.1, 0.15) is 11.4 Å². The number of hydrogen-bond donors (Lipinski definition) is 0. The van der Waals surface area contributed by atoms with Crippen molar-refractivity contribution in [3.8, 4) is 17.0 Å². The topological polar surface area (TPSA) is 55.6 Å². The number of hydrogen-bond acceptors (Lipinski definition) is 4. The molecule has 3 aromatic rings. The van der Waals surface area contributed by atoms with Gasteiger partial charge in [0.25, 0.3) is 5.91 Å². The van der Waals surface area contributed by atoms with Gasteiger partial charge in [-0.1, -0.05) is 41.0 Å². The summed E-state index contributed by atoms with van der Waals surface area (Å²) in [5.41, 5.74) is 2.53. The fourth-order valence-corrected chi connectivity index (χ4v) is 3.60. The Labute approximate surface area is 162 Å². The van der Waals surface area contributed by atoms with E-state index < -0.39 is 0 Å². The summed E-state index contributed by atoms with van der Waals surface area (Å²) in [6.45, 7) is 0.696. The van der Waals surface area contributed by atoms with Crippen LogP contribution in [-0.4, -0.2) is 29.6 Å². The molecule has 2 heterocycles. The van der Waals surface area contributed by atoms with Crippen molar-refractivity contribution in [2.45, 2.75) is 18.9 Å². The van der Waals surface area contributed by atoms with Gasteiger partial charge in [-0.2, -0.15) is 0 Å². The molecule has 0 spiro atoms. The molecule has 0 radical (unpaired) electrons. The fraction of sp³-hybridized carbons (Fsp3) is 0.238. The Bertz CT molecular complexity index is 952. The Morgan fingerprint density at radius 2 is 2.04 bits per heavy atom. The Kier molecular flexibility index (Phi) is 4.86. The van der Waals surface area contributed by atoms with Gasteiger partial charge < -0.3 is 14.2 Å². The number of methoxy groups -OCH3 is 1. The molecule has 0 saturated carbocycles. The number of likely N-dealkylation sites (tertiary alicyclic amines) is 1. The van der Waals surface area contributed by atoms with Crippen LogP contribution in [0.25, 0.3) is 11.3 Å². The number of aromatic nitrogens is 1. The SMILES string of the molecule is COc1cccc(-c2cc(C(=O)N3CCC[C@H]3c3ccc(Cl)cc3)on2)c1. The van der Waals surface area contributed by atoms with E-state index in [2.05, 4.69) is 5.16 Å². The Hall–Kier alpha value is -2.79. The van der Waals surface area contributed by atoms with E-state index in [0.717, 1.165) is 29.7 Å². The highest BCUT2D eigenvalue weighted by atomic mass is 35.5. The summed E-state index contributed by atoms with van der Waals surface area (Å²) in [5, 5.41) is 4.76. The molecule has 0 N–H and O–H groups in total. The number of benzene rings is 2. The number of nitrogens with zero attached hydrogens (tertiary/aromatic N) is 2. The molecular weight excluding hydrogens is 364 g/mol. The standard InChI is InChI=1S/C21H19ClN2O3/c1-26-17-5-2-4-15(12-17)18-13-20(27-23-18)21(25)24-11-3-6-19(24)14-7-9-16(22)10-8-14/h2,4-5,7-10,12-13,19H,3,6,11H2,1H3/t19-/m0/s1. The molecule has 1 saturated heterocycles. The van der Waals surface area contributed by atoms with Gasteiger partial charge in [-0.15, -0.1) is 0 Å². The second-order valence-electron chi connectivity index (χ2n) is 6.52. The second kappa shape index (κ2) is 7.45. The summed E-state index contributed by atoms with van der Waals surface area (Å²) in [4.78, 5) is 14.9. The quantitative estimate of drug-likeness (QED) is 0.638. The smallest absolute Gasteiger partial charge is 0.292 e. The summed E-state index contributed by atoms with van der Waals surface area (Å²) in [6, 6.07) is 16.9. The molecule has 2 aromatic carbocycles. The highest BCUT2D eigenvalue weighted by Gasteiger charge is 2.32. The Morgan fingerprint density at radius 3 is 2.81 bits per heavy atom. The number of amides is 1. The summed E-state index contributed by atoms with van der Waals surface area (Å²) < 4.78 is 10.6. The van der Waals surface area contributed by atoms with E-state index >= 15 is 0 Å². The molecule has 1 aromatic heterocycles. The van der Waals surface area contributed by atoms with Crippen LogP contribution in [0.4, 0.5) is 0 Å². The predicted octanol–water partition coefficient (Wildman–Crippen LogP) is 4.98. The predicted molar refractivity (Wildman–Crippen MR) is 103 cm³/mol. The van der Waals surface area contributed by atoms with Gasteiger partial charge in [-0.25, -0.2) is 0 Å². The third kappa shape index (κ3) is 3.55. The first-order chi connectivity index (χ1) is 13.2. The highest BCUT2D eigenvalue weighted by Crippen LogP contribution is 2.34. The number of carbonyl (C=O) groups excluding carboxylic acids is 1. The highest BCUT2D eigenvalue weighted by molar-refractivity contribution is 6.30. The lowest BCUT2D eigenvalue weighted by Crippen LogP contribution is -2.30. The van der Waals surface area contributed by atoms with Crippen LogP contribution in [0, 0.1) is 0 Å². The summed E-state index contributed by atoms with van der Waals surface area (Å²) >= 11 is 5.98. The third-order valence-corrected chi connectivity index (χ3v) is 5.11. The van der Waals surface area contributed by atoms with E-state index in [9.17, 15) is 4.79 Å². The molecule has 0 bridgehead atoms. The van der Waals surface area contributed by atoms with Gasteiger partial charge in [-0.3, -0.25) is 4.79 Å². The van der Waals surface area contributed by atoms with Gasteiger partial charge in [0.2, 0.25) is 5.76 Å². The van der Waals surface area contributed by atoms with E-state index in [1.165, 1.54) is 0 Å². The molecule has 138 valence electrons. The van der Waals surface area contributed by atoms with E-state index in [1.54, 1.807) is 13.2 Å². The second-order valence-corrected chi connectivity index (χ2v) is 6.95. The monoisotopic (exact) mass is 382 g/mol. The third-order valence-electron chi connectivity index (χ3n) is 4.85. The van der Waals surface area contributed by atoms with Crippen molar-refractivity contribution in [3.63, 3.8) is 0 Å². The van der Waals surface area contributed by atoms with Gasteiger partial charge in [0, 0.05) is 23.2 Å². The number of ether oxygens (including phenoxy) is 1. The number of rotatable bonds is 4. The van der Waals surface area contributed by atoms with Gasteiger partial charge in [0.05, 0.1) is 13.2 Å². The fourth-order valence-electron chi connectivity index (χ4n) is 3.48. The summed E-state index contributed by atoms with van der Waals surface area (Å²) in [5.74, 6) is 0.827. The molecule has 6 heteroatoms. The van der Waals surface area contributed by atoms with Crippen LogP contribution >= 0.6 is 11.6 Å². The maximum atomic E-state index is 13.0. The first kappa shape index (κ1) is 17.6. The average molecular weight is 383 g/mol. The molecule has 1 amide bonds. The van der Waals surface area contributed by atoms with E-state index in [0.29, 0.717) is 17.3 Å². The van der Waals surface area contributed by atoms with E-state index in [1.807, 2.05) is 53.4 Å². The van der Waals surface area contributed by atoms with Gasteiger partial charge >= 0.3 is 0 Å². The van der Waals surface area contributed by atoms with Crippen LogP contribution in [0.5, 0.6) is 5.75 Å². The maximum absolute atomic E-state index is 13.0. The molecule has 4 rings (SSSR count). The molecule has 5 nitrogen and oxygen atoms in total. The lowest BCUT2D eigenvalue weighted by Gasteiger charge is -2.24. The average Bonchev–Trinajstić information content (AvgIpc) is 3.38. The largest absolute Gasteiger partial charge is 0.497 e. The molecule has 1 fully saturated rings. The minimum atomic E-state index is -0.144. The van der Waals surface area contributed by atoms with Crippen molar-refractivity contribution >= 4 is 17.5 Å². The minimum Gasteiger partial charge on any atom is -0.497 e. The summed E-state index contributed by atoms with van der Waals surface area (Å²) in [6.07, 6.45) is 1.88. The molecule has 1 atom stereocenters. The van der Waals surface area contributed by atoms with Crippen LogP contribution in [0.15, 0.2) is 59.1 Å². The molecule has 1 aliphatic heterocycles. The van der Waals surface area contributed by atoms with Crippen LogP contribution in [-0.2, 0) is 0 Å². The Morgan fingerprint density at radius 1 is 1.22 bits per heavy atom. The van der Waals surface area contributed by atoms with Crippen LogP contribution in [0.3, 0.4) is 0 Å². The van der Waals surface area contributed by atoms with Crippen LogP contribution < -0.4 is 4.74 Å². The van der Waals surface area contributed by atoms with E-state index in [4.69, 9.17) is 20.9 Å². The Balaban J connectivity index is 1.57. The van der Waals surface area contributed by atoms with Crippen LogP contribution in [0.1, 0.15) is 35.0 Å². The van der Waals surface area contributed by atoms with Crippen molar-refractivity contribution in [2.24, 2.45) is 0 Å². The molecule has 1 aliphatic rings. The van der Waals surface area contributed by atoms with Crippen molar-refractivity contribution in [1.29, 1.82) is 0 Å². The zero-order valence-corrected chi connectivity index (χ0v) is 15.6. The van der Waals surface area contributed by atoms with Crippen molar-refractivity contribution in [1.82, 2.24) is 10.1 Å². The normalized spacial score (nSPS) is 16.5. The molecule has 27 heavy (non-hydrogen) atoms. The zero-order valence-electron chi connectivity index (χ0n) is 14.9. The van der Waals surface area contributed by atoms with Gasteiger partial charge in [0.15, 0.2) is 0 Å². The molecular formula is C21H19ClN2O3. The lowest BCUT2D eigenvalue weighted by atomic mass is 10.0. The van der Waals surface area contributed by atoms with Gasteiger partial charge in [-0.05, 0) is 42.7 Å². The van der Waals surface area contributed by atoms with E-state index in [-0.39, 0.29) is 17.7 Å². The van der Waals surface area contributed by atoms with Crippen LogP contribution in [0.2, 0.25) is 5.02 Å². The van der Waals surface area contributed by atoms with Crippen molar-refractivity contribution in [3.05, 3.63) is 70.9 Å². The molecule has 0 aliphatic carbocycles. The van der Waals surface area contributed by atoms with Crippen molar-refractivity contribution < 1.29 is 14.1 Å². The lowest BCUT2D eigenvalue weighted by molar-refractivity contribution is 0.0693. The molecule has 0 unspecified atom stereocenters. The summed E-state index contributed by atoms with van der Waals surface area (Å²) in [7, 11) is 1.61. The number of carbonyl (C=O) groups is 1. The maximum Gasteiger partial charge on any atom is 0.292 e. The minimum absolute atomic E-state index is 0.0279. The first-order valence-electron chi connectivity index (χ1n) is 8.83. The number of halogens is 1.